The Balaban J connectivity index is 1.08. The number of carbonyl (C=O) groups is 3. The van der Waals surface area contributed by atoms with E-state index in [-0.39, 0.29) is 36.2 Å². The molecule has 2 aromatic rings. The predicted molar refractivity (Wildman–Crippen MR) is 146 cm³/mol. The first-order chi connectivity index (χ1) is 20.2. The van der Waals surface area contributed by atoms with E-state index in [1.807, 2.05) is 0 Å². The largest absolute Gasteiger partial charge is 0.444 e. The summed E-state index contributed by atoms with van der Waals surface area (Å²) in [5, 5.41) is 2.38. The van der Waals surface area contributed by atoms with Gasteiger partial charge in [0.15, 0.2) is 0 Å². The highest BCUT2D eigenvalue weighted by atomic mass is 19.3. The van der Waals surface area contributed by atoms with Crippen molar-refractivity contribution in [2.75, 3.05) is 31.1 Å². The number of likely N-dealkylation sites (tertiary alicyclic amines) is 1. The molecule has 2 aliphatic heterocycles. The summed E-state index contributed by atoms with van der Waals surface area (Å²) in [6, 6.07) is 7.66. The van der Waals surface area contributed by atoms with E-state index in [2.05, 4.69) is 15.1 Å². The molecule has 2 aliphatic carbocycles. The van der Waals surface area contributed by atoms with E-state index >= 15 is 4.39 Å². The molecule has 1 N–H and O–H groups in total. The highest BCUT2D eigenvalue weighted by molar-refractivity contribution is 5.90. The second-order valence-corrected chi connectivity index (χ2v) is 12.5. The number of cyclic esters (lactones) is 1. The van der Waals surface area contributed by atoms with Crippen LogP contribution in [0.25, 0.3) is 16.0 Å². The molecule has 1 aromatic heterocycles. The Morgan fingerprint density at radius 3 is 2.44 bits per heavy atom. The van der Waals surface area contributed by atoms with E-state index in [9.17, 15) is 23.2 Å². The summed E-state index contributed by atoms with van der Waals surface area (Å²) < 4.78 is 52.1. The SMILES string of the molecule is [C-]#[N+]C1(c2ccc(-c3ccc(N4C[C@H](CNC(=O)C5CC5(F)F)OC4=O)cc3F)cn2)[C@@H]2CN(C(=O)OC(C)(C)C)C[C@@H]21. The topological polar surface area (TPSA) is 105 Å². The van der Waals surface area contributed by atoms with Crippen molar-refractivity contribution >= 4 is 23.8 Å². The molecule has 0 spiro atoms. The highest BCUT2D eigenvalue weighted by Crippen LogP contribution is 2.64. The molecule has 2 saturated carbocycles. The van der Waals surface area contributed by atoms with Crippen molar-refractivity contribution in [1.29, 1.82) is 0 Å². The van der Waals surface area contributed by atoms with Gasteiger partial charge in [0, 0.05) is 36.8 Å². The number of hydrogen-bond acceptors (Lipinski definition) is 6. The molecule has 2 unspecified atom stereocenters. The van der Waals surface area contributed by atoms with E-state index in [1.165, 1.54) is 23.2 Å². The van der Waals surface area contributed by atoms with Gasteiger partial charge in [-0.25, -0.2) is 29.3 Å². The van der Waals surface area contributed by atoms with Gasteiger partial charge in [-0.05, 0) is 45.0 Å². The maximum absolute atomic E-state index is 15.2. The summed E-state index contributed by atoms with van der Waals surface area (Å²) >= 11 is 0. The number of piperidine rings is 1. The maximum atomic E-state index is 15.2. The van der Waals surface area contributed by atoms with Gasteiger partial charge in [0.1, 0.15) is 29.1 Å². The van der Waals surface area contributed by atoms with Gasteiger partial charge < -0.3 is 24.5 Å². The molecule has 3 amide bonds. The smallest absolute Gasteiger partial charge is 0.414 e. The molecule has 6 rings (SSSR count). The quantitative estimate of drug-likeness (QED) is 0.489. The van der Waals surface area contributed by atoms with Gasteiger partial charge in [-0.1, -0.05) is 6.07 Å². The summed E-state index contributed by atoms with van der Waals surface area (Å²) in [7, 11) is 0. The first-order valence-electron chi connectivity index (χ1n) is 14.0. The molecule has 2 saturated heterocycles. The fourth-order valence-electron chi connectivity index (χ4n) is 6.05. The lowest BCUT2D eigenvalue weighted by molar-refractivity contribution is -0.124. The average Bonchev–Trinajstić information content (AvgIpc) is 3.57. The van der Waals surface area contributed by atoms with Gasteiger partial charge in [-0.3, -0.25) is 14.7 Å². The van der Waals surface area contributed by atoms with E-state index in [1.54, 1.807) is 43.9 Å². The van der Waals surface area contributed by atoms with Crippen molar-refractivity contribution < 1.29 is 37.0 Å². The van der Waals surface area contributed by atoms with Crippen LogP contribution in [0.4, 0.5) is 28.4 Å². The first-order valence-corrected chi connectivity index (χ1v) is 14.0. The van der Waals surface area contributed by atoms with Gasteiger partial charge in [0.2, 0.25) is 5.91 Å². The van der Waals surface area contributed by atoms with E-state index in [0.29, 0.717) is 24.3 Å². The van der Waals surface area contributed by atoms with Crippen LogP contribution in [0.1, 0.15) is 32.9 Å². The van der Waals surface area contributed by atoms with Gasteiger partial charge in [0.25, 0.3) is 11.5 Å². The fraction of sp³-hybridized carbons (Fsp3) is 0.500. The first kappa shape index (κ1) is 28.8. The molecule has 0 radical (unpaired) electrons. The van der Waals surface area contributed by atoms with Crippen LogP contribution in [0, 0.1) is 30.1 Å². The molecule has 4 aliphatic rings. The summed E-state index contributed by atoms with van der Waals surface area (Å²) in [6.07, 6.45) is -0.886. The van der Waals surface area contributed by atoms with Crippen LogP contribution < -0.4 is 10.2 Å². The van der Waals surface area contributed by atoms with Crippen molar-refractivity contribution in [3.8, 4) is 11.1 Å². The lowest BCUT2D eigenvalue weighted by atomic mass is 10.0. The zero-order valence-electron chi connectivity index (χ0n) is 23.8. The molecule has 43 heavy (non-hydrogen) atoms. The normalized spacial score (nSPS) is 28.5. The van der Waals surface area contributed by atoms with Gasteiger partial charge in [-0.15, -0.1) is 0 Å². The number of hydrogen-bond donors (Lipinski definition) is 1. The number of halogens is 3. The summed E-state index contributed by atoms with van der Waals surface area (Å²) in [5.41, 5.74) is 0.107. The highest BCUT2D eigenvalue weighted by Gasteiger charge is 2.78. The Morgan fingerprint density at radius 1 is 1.19 bits per heavy atom. The van der Waals surface area contributed by atoms with Crippen LogP contribution in [-0.2, 0) is 19.8 Å². The zero-order chi connectivity index (χ0) is 30.9. The Morgan fingerprint density at radius 2 is 1.88 bits per heavy atom. The van der Waals surface area contributed by atoms with Crippen LogP contribution in [0.5, 0.6) is 0 Å². The zero-order valence-corrected chi connectivity index (χ0v) is 23.8. The van der Waals surface area contributed by atoms with Crippen LogP contribution in [-0.4, -0.2) is 71.8 Å². The second kappa shape index (κ2) is 9.86. The molecule has 10 nitrogen and oxygen atoms in total. The average molecular weight is 598 g/mol. The van der Waals surface area contributed by atoms with Crippen LogP contribution in [0.15, 0.2) is 36.5 Å². The summed E-state index contributed by atoms with van der Waals surface area (Å²) in [6.45, 7) is 14.0. The monoisotopic (exact) mass is 597 g/mol. The minimum atomic E-state index is -2.99. The Bertz CT molecular complexity index is 1520. The van der Waals surface area contributed by atoms with Crippen LogP contribution >= 0.6 is 0 Å². The van der Waals surface area contributed by atoms with Crippen molar-refractivity contribution in [2.24, 2.45) is 17.8 Å². The molecule has 0 bridgehead atoms. The number of alkyl halides is 2. The number of amides is 3. The minimum absolute atomic E-state index is 0.0155. The number of nitrogens with zero attached hydrogens (tertiary/aromatic N) is 4. The number of pyridine rings is 1. The predicted octanol–water partition coefficient (Wildman–Crippen LogP) is 4.60. The third-order valence-electron chi connectivity index (χ3n) is 8.45. The van der Waals surface area contributed by atoms with E-state index in [0.717, 1.165) is 0 Å². The number of benzene rings is 1. The van der Waals surface area contributed by atoms with Crippen molar-refractivity contribution in [3.05, 3.63) is 59.5 Å². The van der Waals surface area contributed by atoms with Crippen LogP contribution in [0.2, 0.25) is 0 Å². The maximum Gasteiger partial charge on any atom is 0.414 e. The van der Waals surface area contributed by atoms with Crippen molar-refractivity contribution in [2.45, 2.75) is 50.4 Å². The van der Waals surface area contributed by atoms with Crippen molar-refractivity contribution in [3.63, 3.8) is 0 Å². The van der Waals surface area contributed by atoms with Crippen LogP contribution in [0.3, 0.4) is 0 Å². The number of ether oxygens (including phenoxy) is 2. The fourth-order valence-corrected chi connectivity index (χ4v) is 6.05. The van der Waals surface area contributed by atoms with E-state index < -0.39 is 59.4 Å². The van der Waals surface area contributed by atoms with Gasteiger partial charge in [-0.2, -0.15) is 0 Å². The number of anilines is 1. The Hall–Kier alpha value is -4.34. The number of fused-ring (bicyclic) bond motifs is 1. The lowest BCUT2D eigenvalue weighted by Crippen LogP contribution is -2.38. The Labute approximate surface area is 245 Å². The molecule has 3 heterocycles. The minimum Gasteiger partial charge on any atom is -0.444 e. The van der Waals surface area contributed by atoms with Gasteiger partial charge >= 0.3 is 12.2 Å². The van der Waals surface area contributed by atoms with E-state index in [4.69, 9.17) is 16.0 Å². The number of nitrogens with one attached hydrogen (secondary N) is 1. The number of carbonyl (C=O) groups excluding carboxylic acids is 3. The molecule has 4 fully saturated rings. The van der Waals surface area contributed by atoms with Crippen molar-refractivity contribution in [1.82, 2.24) is 15.2 Å². The molecule has 5 atom stereocenters. The Kier molecular flexibility index (Phi) is 6.59. The second-order valence-electron chi connectivity index (χ2n) is 12.5. The number of aromatic nitrogens is 1. The third-order valence-corrected chi connectivity index (χ3v) is 8.45. The molecular formula is C30H30F3N5O5. The lowest BCUT2D eigenvalue weighted by Gasteiger charge is -2.26. The standard InChI is InChI=1S/C30H30F3N5O5/c1-28(2,3)43-26(40)37-14-21-22(15-37)30(21,34-4)24-8-5-16(11-35-24)19-7-6-17(9-23(19)31)38-13-18(42-27(38)41)12-36-25(39)20-10-29(20,32)33/h5-9,11,18,20-22H,10,12-15H2,1-3H3,(H,36,39)/t18-,20?,21-,22+,30?/m0/s1. The summed E-state index contributed by atoms with van der Waals surface area (Å²) in [5.74, 6) is -5.85. The molecule has 1 aromatic carbocycles. The number of rotatable bonds is 6. The van der Waals surface area contributed by atoms with Gasteiger partial charge in [0.05, 0.1) is 30.6 Å². The molecular weight excluding hydrogens is 567 g/mol. The third kappa shape index (κ3) is 5.13. The molecule has 226 valence electrons. The molecule has 13 heteroatoms. The summed E-state index contributed by atoms with van der Waals surface area (Å²) in [4.78, 5) is 47.9.